The number of halogens is 1. The van der Waals surface area contributed by atoms with Crippen molar-refractivity contribution in [3.05, 3.63) is 22.3 Å². The predicted octanol–water partition coefficient (Wildman–Crippen LogP) is 2.69. The molecule has 1 aromatic rings. The number of phenolic OH excluding ortho intramolecular Hbond substituents is 1. The number of piperidine rings is 1. The van der Waals surface area contributed by atoms with Crippen molar-refractivity contribution in [1.82, 2.24) is 10.6 Å². The van der Waals surface area contributed by atoms with Crippen LogP contribution in [0, 0.1) is 20.8 Å². The fourth-order valence-corrected chi connectivity index (χ4v) is 3.72. The van der Waals surface area contributed by atoms with Gasteiger partial charge in [-0.2, -0.15) is 0 Å². The van der Waals surface area contributed by atoms with E-state index in [-0.39, 0.29) is 24.4 Å². The molecule has 1 amide bonds. The fraction of sp³-hybridized carbons (Fsp3) is 0.632. The van der Waals surface area contributed by atoms with Gasteiger partial charge in [-0.05, 0) is 70.2 Å². The fourth-order valence-electron chi connectivity index (χ4n) is 3.72. The molecule has 140 valence electrons. The molecule has 0 unspecified atom stereocenters. The van der Waals surface area contributed by atoms with Gasteiger partial charge in [0, 0.05) is 24.6 Å². The van der Waals surface area contributed by atoms with Gasteiger partial charge in [0.15, 0.2) is 5.60 Å². The van der Waals surface area contributed by atoms with Crippen LogP contribution in [0.15, 0.2) is 0 Å². The number of rotatable bonds is 2. The van der Waals surface area contributed by atoms with Crippen molar-refractivity contribution in [3.8, 4) is 11.5 Å². The zero-order valence-electron chi connectivity index (χ0n) is 15.5. The minimum Gasteiger partial charge on any atom is -0.507 e. The first kappa shape index (κ1) is 19.9. The number of hydrogen-bond acceptors (Lipinski definition) is 4. The second kappa shape index (κ2) is 7.42. The number of carbonyl (C=O) groups is 1. The van der Waals surface area contributed by atoms with Crippen LogP contribution < -0.4 is 15.4 Å². The van der Waals surface area contributed by atoms with Crippen LogP contribution in [0.3, 0.4) is 0 Å². The van der Waals surface area contributed by atoms with Crippen molar-refractivity contribution >= 4 is 18.3 Å². The number of amides is 1. The summed E-state index contributed by atoms with van der Waals surface area (Å²) >= 11 is 0. The number of fused-ring (bicyclic) bond motifs is 1. The predicted molar refractivity (Wildman–Crippen MR) is 101 cm³/mol. The summed E-state index contributed by atoms with van der Waals surface area (Å²) in [6, 6.07) is 0.178. The van der Waals surface area contributed by atoms with Crippen LogP contribution in [0.25, 0.3) is 0 Å². The van der Waals surface area contributed by atoms with Crippen molar-refractivity contribution < 1.29 is 14.6 Å². The molecule has 2 atom stereocenters. The largest absolute Gasteiger partial charge is 0.507 e. The zero-order valence-corrected chi connectivity index (χ0v) is 16.3. The molecule has 1 fully saturated rings. The Morgan fingerprint density at radius 2 is 2.00 bits per heavy atom. The van der Waals surface area contributed by atoms with Gasteiger partial charge in [0.25, 0.3) is 5.91 Å². The SMILES string of the molecule is Cc1c(C)c2c(c(C)c1O)CC[C@@](C)(C(=O)N[C@@H]1CCCNC1)O2.Cl. The molecule has 1 aromatic carbocycles. The summed E-state index contributed by atoms with van der Waals surface area (Å²) in [5, 5.41) is 16.7. The number of nitrogens with one attached hydrogen (secondary N) is 2. The van der Waals surface area contributed by atoms with Crippen LogP contribution in [0.4, 0.5) is 0 Å². The summed E-state index contributed by atoms with van der Waals surface area (Å²) in [7, 11) is 0. The lowest BCUT2D eigenvalue weighted by Crippen LogP contribution is -2.56. The topological polar surface area (TPSA) is 70.6 Å². The third-order valence-corrected chi connectivity index (χ3v) is 5.63. The van der Waals surface area contributed by atoms with Crippen LogP contribution in [0.2, 0.25) is 0 Å². The standard InChI is InChI=1S/C19H28N2O3.ClH/c1-11-12(2)17-15(13(3)16(11)22)7-8-19(4,24-17)18(23)21-14-6-5-9-20-10-14;/h14,20,22H,5-10H2,1-4H3,(H,21,23);1H/t14-,19+;/m1./s1. The van der Waals surface area contributed by atoms with Crippen molar-refractivity contribution in [2.75, 3.05) is 13.1 Å². The molecule has 0 bridgehead atoms. The van der Waals surface area contributed by atoms with Crippen molar-refractivity contribution in [3.63, 3.8) is 0 Å². The van der Waals surface area contributed by atoms with Gasteiger partial charge in [-0.1, -0.05) is 0 Å². The lowest BCUT2D eigenvalue weighted by molar-refractivity contribution is -0.137. The Kier molecular flexibility index (Phi) is 5.89. The molecule has 2 heterocycles. The van der Waals surface area contributed by atoms with Crippen LogP contribution in [0.5, 0.6) is 11.5 Å². The highest BCUT2D eigenvalue weighted by Gasteiger charge is 2.41. The maximum absolute atomic E-state index is 12.8. The molecule has 6 heteroatoms. The van der Waals surface area contributed by atoms with Gasteiger partial charge in [-0.3, -0.25) is 4.79 Å². The number of phenols is 1. The average Bonchev–Trinajstić information content (AvgIpc) is 2.59. The van der Waals surface area contributed by atoms with E-state index >= 15 is 0 Å². The molecule has 25 heavy (non-hydrogen) atoms. The van der Waals surface area contributed by atoms with Gasteiger partial charge < -0.3 is 20.5 Å². The maximum atomic E-state index is 12.8. The molecule has 2 aliphatic heterocycles. The maximum Gasteiger partial charge on any atom is 0.264 e. The first-order valence-electron chi connectivity index (χ1n) is 8.86. The minimum atomic E-state index is -0.856. The van der Waals surface area contributed by atoms with Gasteiger partial charge in [0.1, 0.15) is 11.5 Å². The van der Waals surface area contributed by atoms with Gasteiger partial charge in [0.05, 0.1) is 0 Å². The Hall–Kier alpha value is -1.46. The van der Waals surface area contributed by atoms with Crippen LogP contribution in [-0.2, 0) is 11.2 Å². The molecule has 0 saturated carbocycles. The second-order valence-corrected chi connectivity index (χ2v) is 7.38. The van der Waals surface area contributed by atoms with Gasteiger partial charge in [-0.15, -0.1) is 12.4 Å². The summed E-state index contributed by atoms with van der Waals surface area (Å²) in [6.45, 7) is 9.47. The van der Waals surface area contributed by atoms with Crippen LogP contribution in [0.1, 0.15) is 48.4 Å². The quantitative estimate of drug-likeness (QED) is 0.750. The number of ether oxygens (including phenoxy) is 1. The molecule has 1 saturated heterocycles. The lowest BCUT2D eigenvalue weighted by atomic mass is 9.86. The molecule has 0 aromatic heterocycles. The Labute approximate surface area is 155 Å². The van der Waals surface area contributed by atoms with E-state index in [9.17, 15) is 9.90 Å². The van der Waals surface area contributed by atoms with E-state index < -0.39 is 5.60 Å². The molecular formula is C19H29ClN2O3. The zero-order chi connectivity index (χ0) is 17.5. The van der Waals surface area contributed by atoms with Crippen LogP contribution >= 0.6 is 12.4 Å². The summed E-state index contributed by atoms with van der Waals surface area (Å²) < 4.78 is 6.23. The molecule has 0 spiro atoms. The summed E-state index contributed by atoms with van der Waals surface area (Å²) in [4.78, 5) is 12.8. The van der Waals surface area contributed by atoms with E-state index in [1.807, 2.05) is 27.7 Å². The lowest BCUT2D eigenvalue weighted by Gasteiger charge is -2.38. The Bertz CT molecular complexity index is 671. The van der Waals surface area contributed by atoms with E-state index in [1.54, 1.807) is 0 Å². The summed E-state index contributed by atoms with van der Waals surface area (Å²) in [5.41, 5.74) is 2.79. The van der Waals surface area contributed by atoms with E-state index in [1.165, 1.54) is 0 Å². The Balaban J connectivity index is 0.00000225. The van der Waals surface area contributed by atoms with Gasteiger partial charge >= 0.3 is 0 Å². The van der Waals surface area contributed by atoms with Crippen molar-refractivity contribution in [2.45, 2.75) is 65.0 Å². The molecule has 0 radical (unpaired) electrons. The van der Waals surface area contributed by atoms with E-state index in [0.29, 0.717) is 12.2 Å². The van der Waals surface area contributed by atoms with E-state index in [0.717, 1.165) is 60.4 Å². The molecule has 5 nitrogen and oxygen atoms in total. The molecule has 3 rings (SSSR count). The number of hydrogen-bond donors (Lipinski definition) is 3. The smallest absolute Gasteiger partial charge is 0.264 e. The van der Waals surface area contributed by atoms with Crippen LogP contribution in [-0.4, -0.2) is 35.7 Å². The molecule has 3 N–H and O–H groups in total. The average molecular weight is 369 g/mol. The summed E-state index contributed by atoms with van der Waals surface area (Å²) in [5.74, 6) is 1.08. The third-order valence-electron chi connectivity index (χ3n) is 5.63. The number of benzene rings is 1. The second-order valence-electron chi connectivity index (χ2n) is 7.38. The van der Waals surface area contributed by atoms with Crippen molar-refractivity contribution in [1.29, 1.82) is 0 Å². The number of carbonyl (C=O) groups excluding carboxylic acids is 1. The Morgan fingerprint density at radius 1 is 1.28 bits per heavy atom. The molecular weight excluding hydrogens is 340 g/mol. The molecule has 2 aliphatic rings. The monoisotopic (exact) mass is 368 g/mol. The highest BCUT2D eigenvalue weighted by molar-refractivity contribution is 5.86. The van der Waals surface area contributed by atoms with E-state index in [4.69, 9.17) is 4.74 Å². The van der Waals surface area contributed by atoms with E-state index in [2.05, 4.69) is 10.6 Å². The number of aromatic hydroxyl groups is 1. The Morgan fingerprint density at radius 3 is 2.64 bits per heavy atom. The molecule has 0 aliphatic carbocycles. The summed E-state index contributed by atoms with van der Waals surface area (Å²) in [6.07, 6.45) is 3.45. The third kappa shape index (κ3) is 3.58. The highest BCUT2D eigenvalue weighted by atomic mass is 35.5. The minimum absolute atomic E-state index is 0. The van der Waals surface area contributed by atoms with Gasteiger partial charge in [-0.25, -0.2) is 0 Å². The first-order chi connectivity index (χ1) is 11.3. The van der Waals surface area contributed by atoms with Gasteiger partial charge in [0.2, 0.25) is 0 Å². The highest BCUT2D eigenvalue weighted by Crippen LogP contribution is 2.43. The first-order valence-corrected chi connectivity index (χ1v) is 8.86. The normalized spacial score (nSPS) is 25.4. The van der Waals surface area contributed by atoms with Crippen molar-refractivity contribution in [2.24, 2.45) is 0 Å².